The van der Waals surface area contributed by atoms with Gasteiger partial charge in [-0.15, -0.1) is 0 Å². The number of pyridine rings is 1. The quantitative estimate of drug-likeness (QED) is 0.186. The Labute approximate surface area is 278 Å². The molecule has 0 atom stereocenters. The summed E-state index contributed by atoms with van der Waals surface area (Å²) in [5.41, 5.74) is 12.6. The first-order valence-corrected chi connectivity index (χ1v) is 16.6. The van der Waals surface area contributed by atoms with Crippen molar-refractivity contribution in [2.24, 2.45) is 0 Å². The molecule has 0 amide bonds. The summed E-state index contributed by atoms with van der Waals surface area (Å²) in [6, 6.07) is 54.4. The summed E-state index contributed by atoms with van der Waals surface area (Å²) in [5, 5.41) is 6.00. The summed E-state index contributed by atoms with van der Waals surface area (Å²) in [5.74, 6) is 0.937. The molecule has 9 aromatic rings. The standard InChI is InChI=1S/C45H31N3/c1-45(2)37-22-12-10-20-35(37)41-40(45)39(36-21-11-13-23-38(36)46-41)28-24-26-30(27-25-28)48-43-34-19-9-7-17-32(34)31-16-6-8-18-33(31)42(43)47-44(48)29-14-4-3-5-15-29/h3-27H,1-2H3. The van der Waals surface area contributed by atoms with Gasteiger partial charge in [-0.2, -0.15) is 0 Å². The Kier molecular flexibility index (Phi) is 5.63. The van der Waals surface area contributed by atoms with E-state index in [2.05, 4.69) is 170 Å². The average Bonchev–Trinajstić information content (AvgIpc) is 3.65. The molecule has 3 heteroatoms. The predicted molar refractivity (Wildman–Crippen MR) is 200 cm³/mol. The minimum atomic E-state index is -0.183. The fourth-order valence-corrected chi connectivity index (χ4v) is 8.20. The van der Waals surface area contributed by atoms with Gasteiger partial charge in [0.2, 0.25) is 0 Å². The van der Waals surface area contributed by atoms with E-state index in [4.69, 9.17) is 9.97 Å². The van der Waals surface area contributed by atoms with Crippen molar-refractivity contribution in [2.75, 3.05) is 0 Å². The van der Waals surface area contributed by atoms with Gasteiger partial charge in [0.25, 0.3) is 0 Å². The molecule has 0 N–H and O–H groups in total. The van der Waals surface area contributed by atoms with Crippen LogP contribution in [0.25, 0.3) is 82.9 Å². The van der Waals surface area contributed by atoms with Gasteiger partial charge >= 0.3 is 0 Å². The highest BCUT2D eigenvalue weighted by Crippen LogP contribution is 2.53. The van der Waals surface area contributed by atoms with E-state index >= 15 is 0 Å². The number of benzene rings is 7. The smallest absolute Gasteiger partial charge is 0.145 e. The number of imidazole rings is 1. The van der Waals surface area contributed by atoms with Crippen LogP contribution in [0.4, 0.5) is 0 Å². The minimum absolute atomic E-state index is 0.183. The molecule has 10 rings (SSSR count). The Hall–Kier alpha value is -6.06. The first-order valence-electron chi connectivity index (χ1n) is 16.6. The Morgan fingerprint density at radius 3 is 1.88 bits per heavy atom. The van der Waals surface area contributed by atoms with Gasteiger partial charge in [-0.05, 0) is 51.2 Å². The molecule has 48 heavy (non-hydrogen) atoms. The molecule has 2 heterocycles. The third-order valence-electron chi connectivity index (χ3n) is 10.4. The van der Waals surface area contributed by atoms with Crippen molar-refractivity contribution in [3.63, 3.8) is 0 Å². The summed E-state index contributed by atoms with van der Waals surface area (Å²) >= 11 is 0. The lowest BCUT2D eigenvalue weighted by molar-refractivity contribution is 0.662. The molecule has 226 valence electrons. The van der Waals surface area contributed by atoms with Crippen LogP contribution in [-0.2, 0) is 5.41 Å². The number of aromatic nitrogens is 3. The molecule has 2 aromatic heterocycles. The molecule has 3 nitrogen and oxygen atoms in total. The van der Waals surface area contributed by atoms with Gasteiger partial charge in [0.15, 0.2) is 0 Å². The molecule has 0 radical (unpaired) electrons. The van der Waals surface area contributed by atoms with E-state index < -0.39 is 0 Å². The van der Waals surface area contributed by atoms with Gasteiger partial charge in [-0.1, -0.05) is 147 Å². The molecule has 0 saturated carbocycles. The Bertz CT molecular complexity index is 2730. The van der Waals surface area contributed by atoms with Crippen LogP contribution >= 0.6 is 0 Å². The average molecular weight is 614 g/mol. The van der Waals surface area contributed by atoms with Crippen molar-refractivity contribution in [3.8, 4) is 39.5 Å². The molecule has 1 aliphatic rings. The summed E-state index contributed by atoms with van der Waals surface area (Å²) in [7, 11) is 0. The Morgan fingerprint density at radius 2 is 1.10 bits per heavy atom. The maximum absolute atomic E-state index is 5.40. The zero-order valence-electron chi connectivity index (χ0n) is 26.8. The van der Waals surface area contributed by atoms with Gasteiger partial charge in [0.05, 0.1) is 22.2 Å². The van der Waals surface area contributed by atoms with Crippen molar-refractivity contribution in [1.29, 1.82) is 0 Å². The summed E-state index contributed by atoms with van der Waals surface area (Å²) in [6.07, 6.45) is 0. The fourth-order valence-electron chi connectivity index (χ4n) is 8.20. The first kappa shape index (κ1) is 27.1. The van der Waals surface area contributed by atoms with Crippen LogP contribution in [0.5, 0.6) is 0 Å². The van der Waals surface area contributed by atoms with E-state index in [0.29, 0.717) is 0 Å². The van der Waals surface area contributed by atoms with E-state index in [1.165, 1.54) is 54.7 Å². The number of hydrogen-bond donors (Lipinski definition) is 0. The second-order valence-electron chi connectivity index (χ2n) is 13.4. The lowest BCUT2D eigenvalue weighted by atomic mass is 9.78. The van der Waals surface area contributed by atoms with Gasteiger partial charge < -0.3 is 0 Å². The number of rotatable bonds is 3. The highest BCUT2D eigenvalue weighted by molar-refractivity contribution is 6.24. The lowest BCUT2D eigenvalue weighted by Gasteiger charge is -2.25. The molecule has 0 saturated heterocycles. The summed E-state index contributed by atoms with van der Waals surface area (Å²) in [6.45, 7) is 4.68. The van der Waals surface area contributed by atoms with E-state index in [1.54, 1.807) is 0 Å². The molecular weight excluding hydrogens is 583 g/mol. The highest BCUT2D eigenvalue weighted by atomic mass is 15.1. The van der Waals surface area contributed by atoms with Gasteiger partial charge in [-0.25, -0.2) is 9.97 Å². The second kappa shape index (κ2) is 9.97. The topological polar surface area (TPSA) is 30.7 Å². The van der Waals surface area contributed by atoms with Crippen LogP contribution in [0.3, 0.4) is 0 Å². The van der Waals surface area contributed by atoms with Crippen molar-refractivity contribution in [1.82, 2.24) is 14.5 Å². The molecule has 0 bridgehead atoms. The van der Waals surface area contributed by atoms with Crippen LogP contribution in [0.15, 0.2) is 152 Å². The normalized spacial score (nSPS) is 13.4. The number of hydrogen-bond acceptors (Lipinski definition) is 2. The number of para-hydroxylation sites is 1. The van der Waals surface area contributed by atoms with Crippen molar-refractivity contribution < 1.29 is 0 Å². The first-order chi connectivity index (χ1) is 23.6. The predicted octanol–water partition coefficient (Wildman–Crippen LogP) is 11.5. The van der Waals surface area contributed by atoms with E-state index in [0.717, 1.165) is 39.3 Å². The maximum Gasteiger partial charge on any atom is 0.145 e. The maximum atomic E-state index is 5.40. The van der Waals surface area contributed by atoms with Gasteiger partial charge in [-0.3, -0.25) is 4.57 Å². The molecule has 0 fully saturated rings. The Morgan fingerprint density at radius 1 is 0.500 bits per heavy atom. The number of fused-ring (bicyclic) bond motifs is 10. The molecule has 0 unspecified atom stereocenters. The highest BCUT2D eigenvalue weighted by Gasteiger charge is 2.39. The summed E-state index contributed by atoms with van der Waals surface area (Å²) in [4.78, 5) is 10.7. The SMILES string of the molecule is CC1(C)c2ccccc2-c2nc3ccccc3c(-c3ccc(-n4c(-c5ccccc5)nc5c6ccccc6c6ccccc6c54)cc3)c21. The zero-order valence-corrected chi connectivity index (χ0v) is 26.8. The van der Waals surface area contributed by atoms with Crippen molar-refractivity contribution in [2.45, 2.75) is 19.3 Å². The molecule has 0 aliphatic heterocycles. The van der Waals surface area contributed by atoms with Gasteiger partial charge in [0, 0.05) is 38.4 Å². The van der Waals surface area contributed by atoms with E-state index in [-0.39, 0.29) is 5.41 Å². The largest absolute Gasteiger partial charge is 0.292 e. The number of nitrogens with zero attached hydrogens (tertiary/aromatic N) is 3. The second-order valence-corrected chi connectivity index (χ2v) is 13.4. The minimum Gasteiger partial charge on any atom is -0.292 e. The van der Waals surface area contributed by atoms with Crippen LogP contribution in [-0.4, -0.2) is 14.5 Å². The summed E-state index contributed by atoms with van der Waals surface area (Å²) < 4.78 is 2.36. The van der Waals surface area contributed by atoms with Crippen molar-refractivity contribution in [3.05, 3.63) is 163 Å². The van der Waals surface area contributed by atoms with Crippen LogP contribution < -0.4 is 0 Å². The van der Waals surface area contributed by atoms with E-state index in [9.17, 15) is 0 Å². The monoisotopic (exact) mass is 613 g/mol. The van der Waals surface area contributed by atoms with Crippen LogP contribution in [0, 0.1) is 0 Å². The van der Waals surface area contributed by atoms with Gasteiger partial charge in [0.1, 0.15) is 5.82 Å². The van der Waals surface area contributed by atoms with Crippen molar-refractivity contribution >= 4 is 43.5 Å². The molecule has 1 aliphatic carbocycles. The van der Waals surface area contributed by atoms with E-state index in [1.807, 2.05) is 0 Å². The van der Waals surface area contributed by atoms with Crippen LogP contribution in [0.1, 0.15) is 25.0 Å². The molecular formula is C45H31N3. The lowest BCUT2D eigenvalue weighted by Crippen LogP contribution is -2.16. The Balaban J connectivity index is 1.26. The third-order valence-corrected chi connectivity index (χ3v) is 10.4. The molecule has 0 spiro atoms. The fraction of sp³-hybridized carbons (Fsp3) is 0.0667. The molecule has 7 aromatic carbocycles. The van der Waals surface area contributed by atoms with Crippen LogP contribution in [0.2, 0.25) is 0 Å². The third kappa shape index (κ3) is 3.70. The zero-order chi connectivity index (χ0) is 32.0.